The summed E-state index contributed by atoms with van der Waals surface area (Å²) in [6.07, 6.45) is 2.50. The fourth-order valence-electron chi connectivity index (χ4n) is 3.15. The standard InChI is InChI=1S/C25H29N3O3/c1-3-4-15-30-24(26)25(29)31-18(2)16-21-17-27-22(19-11-7-5-8-12-19)23(28-21)20-13-9-6-10-14-20/h5-14,17-18,24H,3-4,15-16,26H2,1-2H3. The Balaban J connectivity index is 1.76. The van der Waals surface area contributed by atoms with Gasteiger partial charge in [-0.3, -0.25) is 10.7 Å². The quantitative estimate of drug-likeness (QED) is 0.298. The first-order valence-corrected chi connectivity index (χ1v) is 10.6. The molecular formula is C25H29N3O3. The normalized spacial score (nSPS) is 12.9. The molecule has 31 heavy (non-hydrogen) atoms. The Morgan fingerprint density at radius 3 is 2.23 bits per heavy atom. The van der Waals surface area contributed by atoms with Crippen molar-refractivity contribution in [2.24, 2.45) is 5.73 Å². The van der Waals surface area contributed by atoms with Crippen LogP contribution in [0.5, 0.6) is 0 Å². The molecule has 2 aromatic carbocycles. The highest BCUT2D eigenvalue weighted by Gasteiger charge is 2.20. The van der Waals surface area contributed by atoms with Crippen molar-refractivity contribution < 1.29 is 14.3 Å². The van der Waals surface area contributed by atoms with Crippen molar-refractivity contribution in [1.82, 2.24) is 9.97 Å². The van der Waals surface area contributed by atoms with E-state index in [1.165, 1.54) is 0 Å². The Kier molecular flexibility index (Phi) is 8.27. The molecule has 2 N–H and O–H groups in total. The summed E-state index contributed by atoms with van der Waals surface area (Å²) in [7, 11) is 0. The van der Waals surface area contributed by atoms with Gasteiger partial charge in [0.2, 0.25) is 6.23 Å². The average Bonchev–Trinajstić information content (AvgIpc) is 2.80. The minimum atomic E-state index is -1.07. The van der Waals surface area contributed by atoms with Gasteiger partial charge in [0.15, 0.2) is 0 Å². The molecule has 0 radical (unpaired) electrons. The third-order valence-corrected chi connectivity index (χ3v) is 4.76. The van der Waals surface area contributed by atoms with E-state index in [0.717, 1.165) is 41.1 Å². The third-order valence-electron chi connectivity index (χ3n) is 4.76. The molecule has 6 heteroatoms. The highest BCUT2D eigenvalue weighted by molar-refractivity contribution is 5.77. The van der Waals surface area contributed by atoms with E-state index in [1.807, 2.05) is 74.5 Å². The molecule has 0 saturated carbocycles. The van der Waals surface area contributed by atoms with E-state index < -0.39 is 18.3 Å². The van der Waals surface area contributed by atoms with Crippen molar-refractivity contribution in [1.29, 1.82) is 0 Å². The summed E-state index contributed by atoms with van der Waals surface area (Å²) in [5.74, 6) is -0.569. The summed E-state index contributed by atoms with van der Waals surface area (Å²) in [6, 6.07) is 19.9. The zero-order valence-corrected chi connectivity index (χ0v) is 18.0. The molecule has 3 rings (SSSR count). The van der Waals surface area contributed by atoms with Crippen molar-refractivity contribution in [3.05, 3.63) is 72.6 Å². The summed E-state index contributed by atoms with van der Waals surface area (Å²) in [4.78, 5) is 21.7. The topological polar surface area (TPSA) is 87.3 Å². The number of hydrogen-bond acceptors (Lipinski definition) is 6. The van der Waals surface area contributed by atoms with E-state index in [0.29, 0.717) is 13.0 Å². The van der Waals surface area contributed by atoms with Crippen LogP contribution in [-0.2, 0) is 20.7 Å². The lowest BCUT2D eigenvalue weighted by Gasteiger charge is -2.17. The zero-order valence-electron chi connectivity index (χ0n) is 18.0. The third kappa shape index (κ3) is 6.44. The molecule has 0 aliphatic carbocycles. The second-order valence-corrected chi connectivity index (χ2v) is 7.39. The fraction of sp³-hybridized carbons (Fsp3) is 0.320. The Bertz CT molecular complexity index is 964. The maximum Gasteiger partial charge on any atom is 0.350 e. The molecule has 2 atom stereocenters. The van der Waals surface area contributed by atoms with Crippen LogP contribution in [0.15, 0.2) is 66.9 Å². The number of aromatic nitrogens is 2. The SMILES string of the molecule is CCCCOC(N)C(=O)OC(C)Cc1cnc(-c2ccccc2)c(-c2ccccc2)n1. The summed E-state index contributed by atoms with van der Waals surface area (Å²) in [6.45, 7) is 4.29. The van der Waals surface area contributed by atoms with Crippen molar-refractivity contribution in [2.75, 3.05) is 6.61 Å². The number of benzene rings is 2. The van der Waals surface area contributed by atoms with Crippen molar-refractivity contribution in [3.63, 3.8) is 0 Å². The van der Waals surface area contributed by atoms with E-state index in [2.05, 4.69) is 0 Å². The highest BCUT2D eigenvalue weighted by atomic mass is 16.6. The lowest BCUT2D eigenvalue weighted by atomic mass is 10.0. The molecular weight excluding hydrogens is 390 g/mol. The number of carbonyl (C=O) groups is 1. The molecule has 0 saturated heterocycles. The van der Waals surface area contributed by atoms with E-state index in [9.17, 15) is 4.79 Å². The van der Waals surface area contributed by atoms with Crippen LogP contribution in [0.1, 0.15) is 32.4 Å². The Hall–Kier alpha value is -3.09. The first kappa shape index (κ1) is 22.6. The predicted molar refractivity (Wildman–Crippen MR) is 121 cm³/mol. The van der Waals surface area contributed by atoms with Crippen LogP contribution in [0.25, 0.3) is 22.5 Å². The maximum absolute atomic E-state index is 12.2. The largest absolute Gasteiger partial charge is 0.459 e. The summed E-state index contributed by atoms with van der Waals surface area (Å²) in [5, 5.41) is 0. The highest BCUT2D eigenvalue weighted by Crippen LogP contribution is 2.28. The number of nitrogens with two attached hydrogens (primary N) is 1. The molecule has 2 unspecified atom stereocenters. The molecule has 1 heterocycles. The maximum atomic E-state index is 12.2. The first-order valence-electron chi connectivity index (χ1n) is 10.6. The lowest BCUT2D eigenvalue weighted by Crippen LogP contribution is -2.37. The van der Waals surface area contributed by atoms with Gasteiger partial charge in [0, 0.05) is 30.4 Å². The van der Waals surface area contributed by atoms with Gasteiger partial charge in [-0.2, -0.15) is 0 Å². The van der Waals surface area contributed by atoms with Crippen molar-refractivity contribution in [3.8, 4) is 22.5 Å². The van der Waals surface area contributed by atoms with Crippen LogP contribution in [0.4, 0.5) is 0 Å². The Morgan fingerprint density at radius 1 is 1.00 bits per heavy atom. The lowest BCUT2D eigenvalue weighted by molar-refractivity contribution is -0.161. The van der Waals surface area contributed by atoms with Crippen LogP contribution in [0, 0.1) is 0 Å². The Labute approximate surface area is 183 Å². The van der Waals surface area contributed by atoms with Gasteiger partial charge < -0.3 is 9.47 Å². The molecule has 162 valence electrons. The molecule has 0 aliphatic heterocycles. The molecule has 6 nitrogen and oxygen atoms in total. The number of hydrogen-bond donors (Lipinski definition) is 1. The molecule has 0 amide bonds. The van der Waals surface area contributed by atoms with Crippen LogP contribution in [0.2, 0.25) is 0 Å². The zero-order chi connectivity index (χ0) is 22.1. The van der Waals surface area contributed by atoms with Gasteiger partial charge >= 0.3 is 5.97 Å². The van der Waals surface area contributed by atoms with Gasteiger partial charge in [-0.05, 0) is 13.3 Å². The summed E-state index contributed by atoms with van der Waals surface area (Å²) >= 11 is 0. The molecule has 0 aliphatic rings. The van der Waals surface area contributed by atoms with Crippen LogP contribution in [0.3, 0.4) is 0 Å². The fourth-order valence-corrected chi connectivity index (χ4v) is 3.15. The molecule has 0 fully saturated rings. The van der Waals surface area contributed by atoms with Gasteiger partial charge in [-0.25, -0.2) is 9.78 Å². The van der Waals surface area contributed by atoms with Crippen LogP contribution in [-0.4, -0.2) is 34.9 Å². The molecule has 1 aromatic heterocycles. The van der Waals surface area contributed by atoms with Crippen LogP contribution < -0.4 is 5.73 Å². The van der Waals surface area contributed by atoms with Gasteiger partial charge in [0.05, 0.1) is 17.1 Å². The van der Waals surface area contributed by atoms with E-state index in [1.54, 1.807) is 6.20 Å². The minimum absolute atomic E-state index is 0.408. The van der Waals surface area contributed by atoms with Gasteiger partial charge in [-0.1, -0.05) is 74.0 Å². The van der Waals surface area contributed by atoms with E-state index in [-0.39, 0.29) is 0 Å². The molecule has 0 spiro atoms. The van der Waals surface area contributed by atoms with Crippen molar-refractivity contribution >= 4 is 5.97 Å². The van der Waals surface area contributed by atoms with Gasteiger partial charge in [0.1, 0.15) is 6.10 Å². The van der Waals surface area contributed by atoms with E-state index in [4.69, 9.17) is 25.2 Å². The smallest absolute Gasteiger partial charge is 0.350 e. The number of unbranched alkanes of at least 4 members (excludes halogenated alkanes) is 1. The van der Waals surface area contributed by atoms with Crippen molar-refractivity contribution in [2.45, 2.75) is 45.4 Å². The number of carbonyl (C=O) groups excluding carboxylic acids is 1. The minimum Gasteiger partial charge on any atom is -0.459 e. The predicted octanol–water partition coefficient (Wildman–Crippen LogP) is 4.39. The number of rotatable bonds is 10. The monoisotopic (exact) mass is 419 g/mol. The summed E-state index contributed by atoms with van der Waals surface area (Å²) < 4.78 is 10.8. The number of nitrogens with zero attached hydrogens (tertiary/aromatic N) is 2. The van der Waals surface area contributed by atoms with Crippen LogP contribution >= 0.6 is 0 Å². The Morgan fingerprint density at radius 2 is 1.61 bits per heavy atom. The first-order chi connectivity index (χ1) is 15.1. The van der Waals surface area contributed by atoms with E-state index >= 15 is 0 Å². The average molecular weight is 420 g/mol. The van der Waals surface area contributed by atoms with Gasteiger partial charge in [-0.15, -0.1) is 0 Å². The molecule has 3 aromatic rings. The van der Waals surface area contributed by atoms with Gasteiger partial charge in [0.25, 0.3) is 0 Å². The number of esters is 1. The second kappa shape index (κ2) is 11.3. The number of ether oxygens (including phenoxy) is 2. The second-order valence-electron chi connectivity index (χ2n) is 7.39. The molecule has 0 bridgehead atoms. The summed E-state index contributed by atoms with van der Waals surface area (Å²) in [5.41, 5.74) is 10.1.